The van der Waals surface area contributed by atoms with Gasteiger partial charge in [0.2, 0.25) is 0 Å². The Morgan fingerprint density at radius 1 is 1.05 bits per heavy atom. The number of carbonyl (C=O) groups excluding carboxylic acids is 1. The van der Waals surface area contributed by atoms with E-state index in [9.17, 15) is 4.79 Å². The average Bonchev–Trinajstić information content (AvgIpc) is 2.97. The van der Waals surface area contributed by atoms with Gasteiger partial charge in [0.15, 0.2) is 0 Å². The molecule has 1 aliphatic heterocycles. The van der Waals surface area contributed by atoms with Crippen LogP contribution in [0, 0.1) is 23.2 Å². The smallest absolute Gasteiger partial charge is 0.149 e. The molecule has 0 aromatic carbocycles. The van der Waals surface area contributed by atoms with Crippen molar-refractivity contribution >= 4 is 34.1 Å². The van der Waals surface area contributed by atoms with Crippen LogP contribution in [0.1, 0.15) is 51.4 Å². The zero-order valence-corrected chi connectivity index (χ0v) is 14.3. The molecule has 5 aliphatic rings. The van der Waals surface area contributed by atoms with Crippen molar-refractivity contribution in [3.63, 3.8) is 0 Å². The summed E-state index contributed by atoms with van der Waals surface area (Å²) in [6.07, 6.45) is 10.3. The first-order valence-corrected chi connectivity index (χ1v) is 9.99. The van der Waals surface area contributed by atoms with Gasteiger partial charge in [0.05, 0.1) is 5.75 Å². The van der Waals surface area contributed by atoms with Crippen LogP contribution in [0.25, 0.3) is 0 Å². The molecule has 0 aromatic rings. The van der Waals surface area contributed by atoms with Crippen molar-refractivity contribution in [2.45, 2.75) is 51.4 Å². The van der Waals surface area contributed by atoms with Crippen molar-refractivity contribution < 1.29 is 4.79 Å². The lowest BCUT2D eigenvalue weighted by Gasteiger charge is -2.56. The quantitative estimate of drug-likeness (QED) is 0.734. The molecule has 0 radical (unpaired) electrons. The van der Waals surface area contributed by atoms with Gasteiger partial charge in [-0.3, -0.25) is 4.79 Å². The Morgan fingerprint density at radius 2 is 1.57 bits per heavy atom. The fraction of sp³-hybridized carbons (Fsp3) is 0.882. The van der Waals surface area contributed by atoms with E-state index in [-0.39, 0.29) is 5.41 Å². The number of Topliss-reactive ketones (excluding diaryl/α,β-unsaturated/α-hetero) is 1. The van der Waals surface area contributed by atoms with Gasteiger partial charge in [-0.2, -0.15) is 0 Å². The lowest BCUT2D eigenvalue weighted by Crippen LogP contribution is -2.50. The molecule has 4 heteroatoms. The normalized spacial score (nSPS) is 40.8. The van der Waals surface area contributed by atoms with Gasteiger partial charge < -0.3 is 4.90 Å². The Bertz CT molecular complexity index is 420. The van der Waals surface area contributed by atoms with E-state index in [1.807, 2.05) is 0 Å². The SMILES string of the molecule is O=C(CSC(=S)N1CCCC1)C12CC3CC(CC(C3)C1)C2. The van der Waals surface area contributed by atoms with E-state index in [0.29, 0.717) is 11.5 Å². The number of nitrogens with zero attached hydrogens (tertiary/aromatic N) is 1. The van der Waals surface area contributed by atoms with Crippen LogP contribution in [0.5, 0.6) is 0 Å². The van der Waals surface area contributed by atoms with Gasteiger partial charge in [0.25, 0.3) is 0 Å². The largest absolute Gasteiger partial charge is 0.358 e. The Labute approximate surface area is 137 Å². The zero-order chi connectivity index (χ0) is 14.4. The summed E-state index contributed by atoms with van der Waals surface area (Å²) in [7, 11) is 0. The van der Waals surface area contributed by atoms with E-state index < -0.39 is 0 Å². The van der Waals surface area contributed by atoms with Crippen LogP contribution in [0.3, 0.4) is 0 Å². The number of hydrogen-bond acceptors (Lipinski definition) is 3. The topological polar surface area (TPSA) is 20.3 Å². The van der Waals surface area contributed by atoms with Gasteiger partial charge in [-0.25, -0.2) is 0 Å². The Balaban J connectivity index is 1.37. The number of thioether (sulfide) groups is 1. The maximum atomic E-state index is 12.9. The number of thiocarbonyl (C=S) groups is 1. The van der Waals surface area contributed by atoms with Crippen molar-refractivity contribution in [2.75, 3.05) is 18.8 Å². The van der Waals surface area contributed by atoms with Gasteiger partial charge >= 0.3 is 0 Å². The summed E-state index contributed by atoms with van der Waals surface area (Å²) in [5.41, 5.74) is 0.0579. The fourth-order valence-electron chi connectivity index (χ4n) is 5.72. The highest BCUT2D eigenvalue weighted by atomic mass is 32.2. The summed E-state index contributed by atoms with van der Waals surface area (Å²) < 4.78 is 0.963. The zero-order valence-electron chi connectivity index (χ0n) is 12.7. The maximum absolute atomic E-state index is 12.9. The Kier molecular flexibility index (Phi) is 3.81. The number of likely N-dealkylation sites (tertiary alicyclic amines) is 1. The van der Waals surface area contributed by atoms with Crippen LogP contribution in [0.4, 0.5) is 0 Å². The van der Waals surface area contributed by atoms with Gasteiger partial charge in [-0.05, 0) is 69.1 Å². The number of carbonyl (C=O) groups is 1. The molecule has 0 aromatic heterocycles. The third-order valence-electron chi connectivity index (χ3n) is 6.32. The standard InChI is InChI=1S/C17H25NOS2/c19-15(11-21-16(20)18-3-1-2-4-18)17-8-12-5-13(9-17)7-14(6-12)10-17/h12-14H,1-11H2. The van der Waals surface area contributed by atoms with Crippen LogP contribution in [0.2, 0.25) is 0 Å². The van der Waals surface area contributed by atoms with E-state index in [2.05, 4.69) is 4.90 Å². The first-order chi connectivity index (χ1) is 10.1. The molecule has 4 aliphatic carbocycles. The highest BCUT2D eigenvalue weighted by molar-refractivity contribution is 8.23. The second-order valence-corrected chi connectivity index (χ2v) is 9.48. The van der Waals surface area contributed by atoms with Gasteiger partial charge in [-0.15, -0.1) is 0 Å². The van der Waals surface area contributed by atoms with E-state index in [1.165, 1.54) is 51.4 Å². The molecule has 0 spiro atoms. The summed E-state index contributed by atoms with van der Waals surface area (Å²) in [6, 6.07) is 0. The fourth-order valence-corrected chi connectivity index (χ4v) is 7.01. The van der Waals surface area contributed by atoms with E-state index in [0.717, 1.165) is 35.2 Å². The molecular weight excluding hydrogens is 298 g/mol. The molecule has 21 heavy (non-hydrogen) atoms. The van der Waals surface area contributed by atoms with Crippen LogP contribution in [0.15, 0.2) is 0 Å². The first kappa shape index (κ1) is 14.5. The average molecular weight is 324 g/mol. The number of hydrogen-bond donors (Lipinski definition) is 0. The minimum atomic E-state index is 0.0579. The molecule has 5 fully saturated rings. The Hall–Kier alpha value is -0.0900. The highest BCUT2D eigenvalue weighted by Crippen LogP contribution is 2.60. The van der Waals surface area contributed by atoms with Gasteiger partial charge in [0, 0.05) is 18.5 Å². The first-order valence-electron chi connectivity index (χ1n) is 8.60. The summed E-state index contributed by atoms with van der Waals surface area (Å²) in [6.45, 7) is 2.19. The van der Waals surface area contributed by atoms with Crippen LogP contribution in [-0.4, -0.2) is 33.8 Å². The molecule has 0 amide bonds. The predicted octanol–water partition coefficient (Wildman–Crippen LogP) is 3.89. The minimum absolute atomic E-state index is 0.0579. The van der Waals surface area contributed by atoms with Crippen molar-refractivity contribution in [1.82, 2.24) is 4.90 Å². The van der Waals surface area contributed by atoms with E-state index in [1.54, 1.807) is 11.8 Å². The summed E-state index contributed by atoms with van der Waals surface area (Å²) in [5.74, 6) is 3.72. The summed E-state index contributed by atoms with van der Waals surface area (Å²) in [5, 5.41) is 0. The molecule has 0 atom stereocenters. The molecule has 4 saturated carbocycles. The lowest BCUT2D eigenvalue weighted by molar-refractivity contribution is -0.140. The molecule has 5 rings (SSSR count). The monoisotopic (exact) mass is 323 g/mol. The molecule has 116 valence electrons. The molecule has 4 bridgehead atoms. The maximum Gasteiger partial charge on any atom is 0.149 e. The molecule has 2 nitrogen and oxygen atoms in total. The van der Waals surface area contributed by atoms with Gasteiger partial charge in [-0.1, -0.05) is 24.0 Å². The van der Waals surface area contributed by atoms with E-state index in [4.69, 9.17) is 12.2 Å². The Morgan fingerprint density at radius 3 is 2.10 bits per heavy atom. The summed E-state index contributed by atoms with van der Waals surface area (Å²) in [4.78, 5) is 15.2. The minimum Gasteiger partial charge on any atom is -0.358 e. The van der Waals surface area contributed by atoms with E-state index >= 15 is 0 Å². The van der Waals surface area contributed by atoms with Crippen LogP contribution < -0.4 is 0 Å². The lowest BCUT2D eigenvalue weighted by atomic mass is 9.48. The van der Waals surface area contributed by atoms with Gasteiger partial charge in [0.1, 0.15) is 10.1 Å². The molecule has 0 N–H and O–H groups in total. The molecule has 1 heterocycles. The van der Waals surface area contributed by atoms with Crippen molar-refractivity contribution in [1.29, 1.82) is 0 Å². The van der Waals surface area contributed by atoms with Crippen molar-refractivity contribution in [3.05, 3.63) is 0 Å². The predicted molar refractivity (Wildman–Crippen MR) is 91.5 cm³/mol. The summed E-state index contributed by atoms with van der Waals surface area (Å²) >= 11 is 7.15. The molecule has 0 unspecified atom stereocenters. The van der Waals surface area contributed by atoms with Crippen molar-refractivity contribution in [2.24, 2.45) is 23.2 Å². The third-order valence-corrected chi connectivity index (χ3v) is 7.84. The third kappa shape index (κ3) is 2.67. The number of ketones is 1. The van der Waals surface area contributed by atoms with Crippen molar-refractivity contribution in [3.8, 4) is 0 Å². The molecular formula is C17H25NOS2. The highest BCUT2D eigenvalue weighted by Gasteiger charge is 2.54. The molecule has 1 saturated heterocycles. The number of rotatable bonds is 3. The second-order valence-electron chi connectivity index (χ2n) is 7.87. The van der Waals surface area contributed by atoms with Crippen LogP contribution in [-0.2, 0) is 4.79 Å². The second kappa shape index (κ2) is 5.52. The van der Waals surface area contributed by atoms with Crippen LogP contribution >= 0.6 is 24.0 Å².